The van der Waals surface area contributed by atoms with Crippen molar-refractivity contribution in [2.24, 2.45) is 0 Å². The summed E-state index contributed by atoms with van der Waals surface area (Å²) in [5, 5.41) is 0. The lowest BCUT2D eigenvalue weighted by Gasteiger charge is -2.10. The molecule has 0 aliphatic carbocycles. The van der Waals surface area contributed by atoms with Gasteiger partial charge in [-0.15, -0.1) is 0 Å². The molecule has 0 fully saturated rings. The second-order valence-corrected chi connectivity index (χ2v) is 17.0. The quantitative estimate of drug-likeness (QED) is 0.164. The molecule has 3 heteroatoms. The Kier molecular flexibility index (Phi) is 9.21. The summed E-state index contributed by atoms with van der Waals surface area (Å²) in [7, 11) is -0.266. The molecule has 0 aromatic heterocycles. The van der Waals surface area contributed by atoms with Crippen LogP contribution in [0.5, 0.6) is 0 Å². The smallest absolute Gasteiger partial charge is 0.0901 e. The average Bonchev–Trinajstić information content (AvgIpc) is 3.12. The van der Waals surface area contributed by atoms with Crippen LogP contribution in [0.2, 0.25) is 0 Å². The van der Waals surface area contributed by atoms with Crippen LogP contribution in [0.1, 0.15) is 35.1 Å². The second-order valence-electron chi connectivity index (χ2n) is 11.8. The topological polar surface area (TPSA) is 0 Å². The van der Waals surface area contributed by atoms with E-state index in [-0.39, 0.29) is 21.8 Å². The summed E-state index contributed by atoms with van der Waals surface area (Å²) in [5.74, 6) is 0. The third-order valence-electron chi connectivity index (χ3n) is 8.37. The standard InChI is InChI=1S/C42H38S3/c1-31-7-19-37(20-8-31)44(38-21-9-32(2)10-22-38)41-27-15-35(16-28-41)43-36-17-29-42(30-18-36)45-39-23-11-33(12-24-39)5-3-4-6-34-13-25-40(45)26-14-34/h7-30H,3-6H2,1-2H3/q+2. The molecule has 0 amide bonds. The predicted octanol–water partition coefficient (Wildman–Crippen LogP) is 11.5. The number of hydrogen-bond donors (Lipinski definition) is 0. The van der Waals surface area contributed by atoms with Gasteiger partial charge in [0, 0.05) is 9.79 Å². The van der Waals surface area contributed by atoms with Crippen LogP contribution in [-0.4, -0.2) is 0 Å². The van der Waals surface area contributed by atoms with Gasteiger partial charge in [-0.2, -0.15) is 0 Å². The van der Waals surface area contributed by atoms with Crippen molar-refractivity contribution in [2.45, 2.75) is 78.7 Å². The van der Waals surface area contributed by atoms with Crippen molar-refractivity contribution >= 4 is 33.6 Å². The minimum absolute atomic E-state index is 0.126. The maximum atomic E-state index is 2.36. The molecular formula is C42H38S3+2. The predicted molar refractivity (Wildman–Crippen MR) is 193 cm³/mol. The van der Waals surface area contributed by atoms with Gasteiger partial charge in [-0.25, -0.2) is 0 Å². The molecule has 45 heavy (non-hydrogen) atoms. The molecule has 0 radical (unpaired) electrons. The Morgan fingerprint density at radius 3 is 1.16 bits per heavy atom. The lowest BCUT2D eigenvalue weighted by Crippen LogP contribution is -2.05. The van der Waals surface area contributed by atoms with Gasteiger partial charge in [0.15, 0.2) is 29.4 Å². The van der Waals surface area contributed by atoms with E-state index in [4.69, 9.17) is 0 Å². The Morgan fingerprint density at radius 1 is 0.422 bits per heavy atom. The Labute approximate surface area is 278 Å². The zero-order valence-electron chi connectivity index (χ0n) is 25.9. The second kappa shape index (κ2) is 13.8. The molecule has 6 aromatic carbocycles. The van der Waals surface area contributed by atoms with Gasteiger partial charge < -0.3 is 0 Å². The fourth-order valence-corrected chi connectivity index (χ4v) is 10.7. The van der Waals surface area contributed by atoms with Crippen LogP contribution in [0, 0.1) is 13.8 Å². The van der Waals surface area contributed by atoms with E-state index in [0.29, 0.717) is 0 Å². The highest BCUT2D eigenvalue weighted by molar-refractivity contribution is 7.99. The number of benzene rings is 6. The Morgan fingerprint density at radius 2 is 0.756 bits per heavy atom. The SMILES string of the molecule is Cc1ccc([S+](c2ccc(C)cc2)c2ccc(Sc3ccc([S+]4c5ccc(cc5)CCCCc5ccc4cc5)cc3)cc2)cc1. The average molecular weight is 639 g/mol. The molecule has 0 unspecified atom stereocenters. The highest BCUT2D eigenvalue weighted by Gasteiger charge is 2.30. The Hall–Kier alpha value is -3.63. The Balaban J connectivity index is 1.13. The van der Waals surface area contributed by atoms with Gasteiger partial charge in [-0.1, -0.05) is 71.4 Å². The van der Waals surface area contributed by atoms with Crippen molar-refractivity contribution in [1.29, 1.82) is 0 Å². The molecular weight excluding hydrogens is 601 g/mol. The normalized spacial score (nSPS) is 13.4. The molecule has 0 atom stereocenters. The highest BCUT2D eigenvalue weighted by Crippen LogP contribution is 2.37. The van der Waals surface area contributed by atoms with Crippen molar-refractivity contribution < 1.29 is 0 Å². The minimum Gasteiger partial charge on any atom is -0.0901 e. The minimum atomic E-state index is -0.140. The van der Waals surface area contributed by atoms with Crippen LogP contribution in [0.15, 0.2) is 185 Å². The fourth-order valence-electron chi connectivity index (χ4n) is 5.83. The largest absolute Gasteiger partial charge is 0.166 e. The van der Waals surface area contributed by atoms with Gasteiger partial charge in [0.2, 0.25) is 0 Å². The van der Waals surface area contributed by atoms with Crippen LogP contribution in [0.4, 0.5) is 0 Å². The van der Waals surface area contributed by atoms with Crippen LogP contribution in [-0.2, 0) is 34.6 Å². The van der Waals surface area contributed by atoms with E-state index in [9.17, 15) is 0 Å². The third-order valence-corrected chi connectivity index (χ3v) is 13.8. The molecule has 0 saturated heterocycles. The molecule has 4 bridgehead atoms. The van der Waals surface area contributed by atoms with E-state index < -0.39 is 0 Å². The molecule has 222 valence electrons. The first-order valence-electron chi connectivity index (χ1n) is 15.8. The molecule has 0 spiro atoms. The summed E-state index contributed by atoms with van der Waals surface area (Å²) in [4.78, 5) is 10.7. The fraction of sp³-hybridized carbons (Fsp3) is 0.143. The van der Waals surface area contributed by atoms with Crippen molar-refractivity contribution in [1.82, 2.24) is 0 Å². The van der Waals surface area contributed by atoms with Crippen LogP contribution < -0.4 is 0 Å². The van der Waals surface area contributed by atoms with Gasteiger partial charge in [0.05, 0.1) is 21.8 Å². The van der Waals surface area contributed by atoms with Crippen molar-refractivity contribution in [3.8, 4) is 0 Å². The molecule has 0 N–H and O–H groups in total. The summed E-state index contributed by atoms with van der Waals surface area (Å²) in [6.45, 7) is 4.31. The van der Waals surface area contributed by atoms with Crippen LogP contribution in [0.25, 0.3) is 0 Å². The van der Waals surface area contributed by atoms with Gasteiger partial charge in [-0.3, -0.25) is 0 Å². The van der Waals surface area contributed by atoms with Gasteiger partial charge in [-0.05, 0) is 148 Å². The number of rotatable bonds is 6. The summed E-state index contributed by atoms with van der Waals surface area (Å²) in [6, 6.07) is 55.4. The van der Waals surface area contributed by atoms with Gasteiger partial charge >= 0.3 is 0 Å². The van der Waals surface area contributed by atoms with Gasteiger partial charge in [0.25, 0.3) is 0 Å². The van der Waals surface area contributed by atoms with E-state index in [1.54, 1.807) is 0 Å². The van der Waals surface area contributed by atoms with Crippen LogP contribution >= 0.6 is 11.8 Å². The summed E-state index contributed by atoms with van der Waals surface area (Å²) in [6.07, 6.45) is 4.82. The lowest BCUT2D eigenvalue weighted by molar-refractivity contribution is 0.734. The zero-order valence-corrected chi connectivity index (χ0v) is 28.4. The summed E-state index contributed by atoms with van der Waals surface area (Å²) in [5.41, 5.74) is 5.49. The van der Waals surface area contributed by atoms with Crippen LogP contribution in [0.3, 0.4) is 0 Å². The maximum absolute atomic E-state index is 2.36. The van der Waals surface area contributed by atoms with E-state index in [0.717, 1.165) is 12.8 Å². The van der Waals surface area contributed by atoms with E-state index in [2.05, 4.69) is 159 Å². The van der Waals surface area contributed by atoms with Gasteiger partial charge in [0.1, 0.15) is 0 Å². The van der Waals surface area contributed by atoms with E-state index in [1.165, 1.54) is 74.3 Å². The number of hydrogen-bond acceptors (Lipinski definition) is 1. The first kappa shape index (κ1) is 30.0. The molecule has 10 rings (SSSR count). The molecule has 4 heterocycles. The van der Waals surface area contributed by atoms with Crippen molar-refractivity contribution in [3.63, 3.8) is 0 Å². The number of aryl methyl sites for hydroxylation is 4. The monoisotopic (exact) mass is 638 g/mol. The zero-order chi connectivity index (χ0) is 30.6. The molecule has 0 nitrogen and oxygen atoms in total. The molecule has 4 aliphatic rings. The molecule has 4 aliphatic heterocycles. The van der Waals surface area contributed by atoms with E-state index >= 15 is 0 Å². The molecule has 0 saturated carbocycles. The third kappa shape index (κ3) is 7.12. The first-order chi connectivity index (χ1) is 22.1. The molecule has 6 aromatic rings. The highest BCUT2D eigenvalue weighted by atomic mass is 32.2. The lowest BCUT2D eigenvalue weighted by atomic mass is 10.0. The van der Waals surface area contributed by atoms with E-state index in [1.807, 2.05) is 11.8 Å². The van der Waals surface area contributed by atoms with Crippen molar-refractivity contribution in [2.75, 3.05) is 0 Å². The van der Waals surface area contributed by atoms with Crippen molar-refractivity contribution in [3.05, 3.63) is 168 Å². The maximum Gasteiger partial charge on any atom is 0.166 e. The summed E-state index contributed by atoms with van der Waals surface area (Å²) < 4.78 is 0. The Bertz CT molecular complexity index is 1740. The first-order valence-corrected chi connectivity index (χ1v) is 19.0. The summed E-state index contributed by atoms with van der Waals surface area (Å²) >= 11 is 1.84.